The number of thiophene rings is 1. The minimum atomic E-state index is 0.693. The lowest BCUT2D eigenvalue weighted by Gasteiger charge is -2.06. The predicted molar refractivity (Wildman–Crippen MR) is 94.5 cm³/mol. The van der Waals surface area contributed by atoms with Crippen molar-refractivity contribution >= 4 is 34.7 Å². The van der Waals surface area contributed by atoms with Crippen molar-refractivity contribution in [3.63, 3.8) is 0 Å². The van der Waals surface area contributed by atoms with Crippen LogP contribution < -0.4 is 0 Å². The highest BCUT2D eigenvalue weighted by atomic mass is 35.5. The van der Waals surface area contributed by atoms with E-state index in [2.05, 4.69) is 33.5 Å². The maximum atomic E-state index is 6.02. The average Bonchev–Trinajstić information content (AvgIpc) is 3.15. The van der Waals surface area contributed by atoms with Gasteiger partial charge in [-0.2, -0.15) is 0 Å². The average molecular weight is 348 g/mol. The van der Waals surface area contributed by atoms with Gasteiger partial charge in [-0.05, 0) is 29.1 Å². The fourth-order valence-electron chi connectivity index (χ4n) is 2.05. The fraction of sp³-hybridized carbons (Fsp3) is 0.125. The topological polar surface area (TPSA) is 30.7 Å². The molecular formula is C16H14ClN3S2. The lowest BCUT2D eigenvalue weighted by molar-refractivity contribution is 0.732. The number of benzene rings is 1. The minimum absolute atomic E-state index is 0.693. The van der Waals surface area contributed by atoms with Crippen LogP contribution in [0.4, 0.5) is 0 Å². The second-order valence-corrected chi connectivity index (χ2v) is 6.93. The number of thioether (sulfide) groups is 1. The third kappa shape index (κ3) is 3.43. The molecule has 1 aromatic carbocycles. The zero-order valence-corrected chi connectivity index (χ0v) is 14.2. The monoisotopic (exact) mass is 347 g/mol. The van der Waals surface area contributed by atoms with E-state index in [9.17, 15) is 0 Å². The molecule has 0 N–H and O–H groups in total. The Morgan fingerprint density at radius 2 is 2.18 bits per heavy atom. The second kappa shape index (κ2) is 7.13. The smallest absolute Gasteiger partial charge is 0.192 e. The Hall–Kier alpha value is -1.56. The Balaban J connectivity index is 1.83. The predicted octanol–water partition coefficient (Wildman–Crippen LogP) is 5.14. The Morgan fingerprint density at radius 3 is 2.91 bits per heavy atom. The zero-order chi connectivity index (χ0) is 15.4. The van der Waals surface area contributed by atoms with Gasteiger partial charge in [-0.1, -0.05) is 47.6 Å². The summed E-state index contributed by atoms with van der Waals surface area (Å²) >= 11 is 9.34. The van der Waals surface area contributed by atoms with E-state index in [1.54, 1.807) is 23.1 Å². The standard InChI is InChI=1S/C16H14ClN3S2/c1-2-8-20-15(14-7-4-9-21-14)18-19-16(20)22-11-12-5-3-6-13(17)10-12/h2-7,9-10H,1,8,11H2. The number of hydrogen-bond donors (Lipinski definition) is 0. The molecule has 0 fully saturated rings. The van der Waals surface area contributed by atoms with E-state index in [0.29, 0.717) is 6.54 Å². The maximum Gasteiger partial charge on any atom is 0.192 e. The molecule has 0 aliphatic carbocycles. The Kier molecular flexibility index (Phi) is 4.97. The van der Waals surface area contributed by atoms with Crippen molar-refractivity contribution in [2.75, 3.05) is 0 Å². The van der Waals surface area contributed by atoms with Crippen molar-refractivity contribution in [3.8, 4) is 10.7 Å². The molecule has 0 unspecified atom stereocenters. The van der Waals surface area contributed by atoms with Gasteiger partial charge in [-0.3, -0.25) is 4.57 Å². The van der Waals surface area contributed by atoms with E-state index in [0.717, 1.165) is 26.6 Å². The van der Waals surface area contributed by atoms with Crippen molar-refractivity contribution in [3.05, 3.63) is 65.0 Å². The number of allylic oxidation sites excluding steroid dienone is 1. The molecule has 2 aromatic heterocycles. The highest BCUT2D eigenvalue weighted by Crippen LogP contribution is 2.29. The molecule has 3 nitrogen and oxygen atoms in total. The summed E-state index contributed by atoms with van der Waals surface area (Å²) < 4.78 is 2.09. The second-order valence-electron chi connectivity index (χ2n) is 4.60. The van der Waals surface area contributed by atoms with Crippen LogP contribution in [0.3, 0.4) is 0 Å². The van der Waals surface area contributed by atoms with Gasteiger partial charge in [-0.25, -0.2) is 0 Å². The molecular weight excluding hydrogens is 334 g/mol. The molecule has 0 spiro atoms. The minimum Gasteiger partial charge on any atom is -0.297 e. The van der Waals surface area contributed by atoms with E-state index >= 15 is 0 Å². The molecule has 0 aliphatic heterocycles. The van der Waals surface area contributed by atoms with Crippen LogP contribution in [0.5, 0.6) is 0 Å². The van der Waals surface area contributed by atoms with E-state index in [-0.39, 0.29) is 0 Å². The van der Waals surface area contributed by atoms with Gasteiger partial charge in [0.2, 0.25) is 0 Å². The lowest BCUT2D eigenvalue weighted by Crippen LogP contribution is -1.99. The van der Waals surface area contributed by atoms with Gasteiger partial charge < -0.3 is 0 Å². The molecule has 22 heavy (non-hydrogen) atoms. The number of aromatic nitrogens is 3. The molecule has 0 amide bonds. The van der Waals surface area contributed by atoms with Crippen LogP contribution in [0.15, 0.2) is 59.6 Å². The van der Waals surface area contributed by atoms with Crippen LogP contribution in [-0.4, -0.2) is 14.8 Å². The maximum absolute atomic E-state index is 6.02. The first-order chi connectivity index (χ1) is 10.8. The Morgan fingerprint density at radius 1 is 1.27 bits per heavy atom. The highest BCUT2D eigenvalue weighted by Gasteiger charge is 2.14. The van der Waals surface area contributed by atoms with Gasteiger partial charge in [0.05, 0.1) is 4.88 Å². The van der Waals surface area contributed by atoms with Gasteiger partial charge in [0.15, 0.2) is 11.0 Å². The van der Waals surface area contributed by atoms with Gasteiger partial charge >= 0.3 is 0 Å². The molecule has 0 atom stereocenters. The van der Waals surface area contributed by atoms with Crippen molar-refractivity contribution in [1.29, 1.82) is 0 Å². The third-order valence-electron chi connectivity index (χ3n) is 3.03. The summed E-state index contributed by atoms with van der Waals surface area (Å²) in [6.45, 7) is 4.52. The molecule has 0 saturated carbocycles. The van der Waals surface area contributed by atoms with E-state index in [1.165, 1.54) is 5.56 Å². The summed E-state index contributed by atoms with van der Waals surface area (Å²) in [7, 11) is 0. The van der Waals surface area contributed by atoms with E-state index in [1.807, 2.05) is 35.7 Å². The van der Waals surface area contributed by atoms with Crippen molar-refractivity contribution in [1.82, 2.24) is 14.8 Å². The summed E-state index contributed by atoms with van der Waals surface area (Å²) in [5.41, 5.74) is 1.17. The van der Waals surface area contributed by atoms with Crippen molar-refractivity contribution in [2.24, 2.45) is 0 Å². The van der Waals surface area contributed by atoms with E-state index in [4.69, 9.17) is 11.6 Å². The highest BCUT2D eigenvalue weighted by molar-refractivity contribution is 7.98. The van der Waals surface area contributed by atoms with E-state index < -0.39 is 0 Å². The van der Waals surface area contributed by atoms with Crippen LogP contribution in [0.25, 0.3) is 10.7 Å². The van der Waals surface area contributed by atoms with Gasteiger partial charge in [0, 0.05) is 17.3 Å². The molecule has 0 aliphatic rings. The van der Waals surface area contributed by atoms with Crippen LogP contribution in [0.1, 0.15) is 5.56 Å². The zero-order valence-electron chi connectivity index (χ0n) is 11.8. The number of nitrogens with zero attached hydrogens (tertiary/aromatic N) is 3. The summed E-state index contributed by atoms with van der Waals surface area (Å²) in [6.07, 6.45) is 1.86. The molecule has 112 valence electrons. The number of hydrogen-bond acceptors (Lipinski definition) is 4. The fourth-order valence-corrected chi connectivity index (χ4v) is 3.87. The summed E-state index contributed by atoms with van der Waals surface area (Å²) in [4.78, 5) is 1.11. The quantitative estimate of drug-likeness (QED) is 0.457. The first-order valence-corrected chi connectivity index (χ1v) is 8.97. The summed E-state index contributed by atoms with van der Waals surface area (Å²) in [6, 6.07) is 12.0. The molecule has 3 rings (SSSR count). The van der Waals surface area contributed by atoms with Crippen LogP contribution in [0, 0.1) is 0 Å². The molecule has 6 heteroatoms. The molecule has 0 bridgehead atoms. The Labute approximate surface area is 142 Å². The van der Waals surface area contributed by atoms with Gasteiger partial charge in [-0.15, -0.1) is 28.1 Å². The largest absolute Gasteiger partial charge is 0.297 e. The summed E-state index contributed by atoms with van der Waals surface area (Å²) in [5.74, 6) is 1.70. The molecule has 0 radical (unpaired) electrons. The van der Waals surface area contributed by atoms with Gasteiger partial charge in [0.25, 0.3) is 0 Å². The molecule has 3 aromatic rings. The number of halogens is 1. The third-order valence-corrected chi connectivity index (χ3v) is 5.17. The van der Waals surface area contributed by atoms with Gasteiger partial charge in [0.1, 0.15) is 0 Å². The molecule has 0 saturated heterocycles. The van der Waals surface area contributed by atoms with Crippen LogP contribution in [-0.2, 0) is 12.3 Å². The first-order valence-electron chi connectivity index (χ1n) is 6.73. The number of rotatable bonds is 6. The van der Waals surface area contributed by atoms with Crippen LogP contribution in [0.2, 0.25) is 5.02 Å². The summed E-state index contributed by atoms with van der Waals surface area (Å²) in [5, 5.41) is 12.4. The van der Waals surface area contributed by atoms with Crippen molar-refractivity contribution in [2.45, 2.75) is 17.5 Å². The Bertz CT molecular complexity index is 766. The van der Waals surface area contributed by atoms with Crippen molar-refractivity contribution < 1.29 is 0 Å². The van der Waals surface area contributed by atoms with Crippen LogP contribution >= 0.6 is 34.7 Å². The normalized spacial score (nSPS) is 10.8. The molecule has 2 heterocycles. The first kappa shape index (κ1) is 15.3. The lowest BCUT2D eigenvalue weighted by atomic mass is 10.2. The SMILES string of the molecule is C=CCn1c(SCc2cccc(Cl)c2)nnc1-c1cccs1.